The number of hydrogen-bond acceptors (Lipinski definition) is 2. The first kappa shape index (κ1) is 9.90. The number of hydrogen-bond donors (Lipinski definition) is 0. The molecule has 0 N–H and O–H groups in total. The van der Waals surface area contributed by atoms with E-state index in [2.05, 4.69) is 11.2 Å². The first-order chi connectivity index (χ1) is 7.07. The number of halogens is 1. The third kappa shape index (κ3) is 2.06. The third-order valence-electron chi connectivity index (χ3n) is 2.05. The van der Waals surface area contributed by atoms with Gasteiger partial charge in [0.25, 0.3) is 0 Å². The number of rotatable bonds is 2. The van der Waals surface area contributed by atoms with Crippen molar-refractivity contribution in [1.82, 2.24) is 5.16 Å². The van der Waals surface area contributed by atoms with E-state index in [1.807, 2.05) is 30.3 Å². The zero-order valence-electron chi connectivity index (χ0n) is 8.62. The predicted molar refractivity (Wildman–Crippen MR) is 54.9 cm³/mol. The maximum atomic E-state index is 13.5. The highest BCUT2D eigenvalue weighted by Crippen LogP contribution is 2.27. The minimum absolute atomic E-state index is 0.126. The smallest absolute Gasteiger partial charge is 0.181 e. The van der Waals surface area contributed by atoms with Crippen LogP contribution in [0.3, 0.4) is 0 Å². The molecule has 2 nitrogen and oxygen atoms in total. The van der Waals surface area contributed by atoms with Gasteiger partial charge in [0.1, 0.15) is 5.69 Å². The number of aromatic nitrogens is 1. The Kier molecular flexibility index (Phi) is 2.31. The van der Waals surface area contributed by atoms with Crippen molar-refractivity contribution >= 4 is 0 Å². The van der Waals surface area contributed by atoms with Gasteiger partial charge in [-0.15, -0.1) is 0 Å². The molecule has 0 aliphatic carbocycles. The second kappa shape index (κ2) is 3.50. The quantitative estimate of drug-likeness (QED) is 0.749. The van der Waals surface area contributed by atoms with Crippen molar-refractivity contribution in [2.75, 3.05) is 0 Å². The van der Waals surface area contributed by atoms with Crippen LogP contribution >= 0.6 is 0 Å². The van der Waals surface area contributed by atoms with Crippen LogP contribution in [0.2, 0.25) is 0 Å². The van der Waals surface area contributed by atoms with Crippen LogP contribution in [0.25, 0.3) is 11.3 Å². The second-order valence-corrected chi connectivity index (χ2v) is 3.82. The van der Waals surface area contributed by atoms with Crippen LogP contribution in [0, 0.1) is 6.07 Å². The van der Waals surface area contributed by atoms with Crippen molar-refractivity contribution in [3.8, 4) is 11.3 Å². The Morgan fingerprint density at radius 1 is 1.27 bits per heavy atom. The van der Waals surface area contributed by atoms with E-state index in [1.54, 1.807) is 0 Å². The van der Waals surface area contributed by atoms with Crippen LogP contribution in [0.15, 0.2) is 34.9 Å². The lowest BCUT2D eigenvalue weighted by Crippen LogP contribution is -2.07. The molecule has 1 radical (unpaired) electrons. The van der Waals surface area contributed by atoms with E-state index in [1.165, 1.54) is 13.8 Å². The molecule has 1 aromatic heterocycles. The van der Waals surface area contributed by atoms with Crippen LogP contribution in [0.1, 0.15) is 19.6 Å². The minimum Gasteiger partial charge on any atom is -0.357 e. The van der Waals surface area contributed by atoms with Crippen molar-refractivity contribution in [2.45, 2.75) is 19.5 Å². The van der Waals surface area contributed by atoms with Gasteiger partial charge in [-0.05, 0) is 13.8 Å². The van der Waals surface area contributed by atoms with Crippen molar-refractivity contribution in [3.05, 3.63) is 42.2 Å². The maximum Gasteiger partial charge on any atom is 0.181 e. The lowest BCUT2D eigenvalue weighted by Gasteiger charge is -2.06. The first-order valence-corrected chi connectivity index (χ1v) is 4.71. The fourth-order valence-electron chi connectivity index (χ4n) is 1.22. The van der Waals surface area contributed by atoms with E-state index < -0.39 is 5.67 Å². The molecular formula is C12H11FNO. The predicted octanol–water partition coefficient (Wildman–Crippen LogP) is 3.35. The van der Waals surface area contributed by atoms with Crippen molar-refractivity contribution in [3.63, 3.8) is 0 Å². The van der Waals surface area contributed by atoms with Crippen LogP contribution in [0.4, 0.5) is 4.39 Å². The minimum atomic E-state index is -1.54. The first-order valence-electron chi connectivity index (χ1n) is 4.71. The molecule has 1 heterocycles. The summed E-state index contributed by atoms with van der Waals surface area (Å²) >= 11 is 0. The van der Waals surface area contributed by atoms with Gasteiger partial charge in [-0.25, -0.2) is 4.39 Å². The molecule has 2 aromatic rings. The van der Waals surface area contributed by atoms with Crippen LogP contribution in [0.5, 0.6) is 0 Å². The highest BCUT2D eigenvalue weighted by atomic mass is 19.1. The summed E-state index contributed by atoms with van der Waals surface area (Å²) in [6, 6.07) is 12.3. The van der Waals surface area contributed by atoms with Crippen LogP contribution in [-0.4, -0.2) is 5.16 Å². The van der Waals surface area contributed by atoms with Gasteiger partial charge < -0.3 is 4.52 Å². The monoisotopic (exact) mass is 204 g/mol. The van der Waals surface area contributed by atoms with Gasteiger partial charge in [0.05, 0.1) is 6.07 Å². The lowest BCUT2D eigenvalue weighted by molar-refractivity contribution is 0.162. The van der Waals surface area contributed by atoms with E-state index in [0.29, 0.717) is 5.69 Å². The standard InChI is InChI=1S/C12H11FNO/c1-12(2,13)11-8-10(14-15-11)9-6-4-3-5-7-9/h3-7H,1-2H3. The fourth-order valence-corrected chi connectivity index (χ4v) is 1.22. The summed E-state index contributed by atoms with van der Waals surface area (Å²) in [5.74, 6) is 0.126. The van der Waals surface area contributed by atoms with Gasteiger partial charge in [-0.2, -0.15) is 0 Å². The Morgan fingerprint density at radius 3 is 2.47 bits per heavy atom. The van der Waals surface area contributed by atoms with E-state index >= 15 is 0 Å². The molecule has 0 unspecified atom stereocenters. The van der Waals surface area contributed by atoms with E-state index in [-0.39, 0.29) is 5.76 Å². The van der Waals surface area contributed by atoms with Gasteiger partial charge in [0.15, 0.2) is 11.4 Å². The Hall–Kier alpha value is -1.64. The van der Waals surface area contributed by atoms with Crippen molar-refractivity contribution in [2.24, 2.45) is 0 Å². The summed E-state index contributed by atoms with van der Waals surface area (Å²) in [6.45, 7) is 2.83. The molecular weight excluding hydrogens is 193 g/mol. The number of nitrogens with zero attached hydrogens (tertiary/aromatic N) is 1. The molecule has 0 atom stereocenters. The van der Waals surface area contributed by atoms with E-state index in [0.717, 1.165) is 5.56 Å². The molecule has 3 heteroatoms. The molecule has 0 aliphatic heterocycles. The van der Waals surface area contributed by atoms with Crippen molar-refractivity contribution < 1.29 is 8.91 Å². The summed E-state index contributed by atoms with van der Waals surface area (Å²) in [5.41, 5.74) is -0.131. The summed E-state index contributed by atoms with van der Waals surface area (Å²) in [7, 11) is 0. The van der Waals surface area contributed by atoms with E-state index in [9.17, 15) is 4.39 Å². The molecule has 0 spiro atoms. The molecule has 2 rings (SSSR count). The largest absolute Gasteiger partial charge is 0.357 e. The zero-order valence-corrected chi connectivity index (χ0v) is 8.62. The molecule has 15 heavy (non-hydrogen) atoms. The molecule has 0 aliphatic rings. The van der Waals surface area contributed by atoms with Gasteiger partial charge in [-0.3, -0.25) is 0 Å². The Bertz CT molecular complexity index is 442. The van der Waals surface area contributed by atoms with Gasteiger partial charge >= 0.3 is 0 Å². The highest BCUT2D eigenvalue weighted by molar-refractivity contribution is 5.57. The Morgan fingerprint density at radius 2 is 1.93 bits per heavy atom. The molecule has 77 valence electrons. The van der Waals surface area contributed by atoms with Crippen LogP contribution in [-0.2, 0) is 5.67 Å². The van der Waals surface area contributed by atoms with Gasteiger partial charge in [0, 0.05) is 5.56 Å². The Balaban J connectivity index is 2.37. The highest BCUT2D eigenvalue weighted by Gasteiger charge is 2.25. The second-order valence-electron chi connectivity index (χ2n) is 3.82. The summed E-state index contributed by atoms with van der Waals surface area (Å²) in [6.07, 6.45) is 0. The third-order valence-corrected chi connectivity index (χ3v) is 2.05. The topological polar surface area (TPSA) is 26.0 Å². The Labute approximate surface area is 87.7 Å². The average Bonchev–Trinajstić information content (AvgIpc) is 2.67. The maximum absolute atomic E-state index is 13.5. The average molecular weight is 204 g/mol. The normalized spacial score (nSPS) is 11.7. The van der Waals surface area contributed by atoms with Gasteiger partial charge in [0.2, 0.25) is 0 Å². The zero-order chi connectivity index (χ0) is 10.9. The summed E-state index contributed by atoms with van der Waals surface area (Å²) < 4.78 is 18.4. The molecule has 1 aromatic carbocycles. The van der Waals surface area contributed by atoms with E-state index in [4.69, 9.17) is 4.52 Å². The summed E-state index contributed by atoms with van der Waals surface area (Å²) in [5, 5.41) is 3.78. The summed E-state index contributed by atoms with van der Waals surface area (Å²) in [4.78, 5) is 0. The SMILES string of the molecule is CC(C)(F)c1[c]c(-c2ccccc2)no1. The molecule has 0 saturated carbocycles. The number of benzene rings is 1. The molecule has 0 saturated heterocycles. The van der Waals surface area contributed by atoms with Crippen LogP contribution < -0.4 is 0 Å². The van der Waals surface area contributed by atoms with Crippen molar-refractivity contribution in [1.29, 1.82) is 0 Å². The molecule has 0 amide bonds. The molecule has 0 fully saturated rings. The van der Waals surface area contributed by atoms with Gasteiger partial charge in [-0.1, -0.05) is 35.5 Å². The lowest BCUT2D eigenvalue weighted by atomic mass is 10.1. The number of alkyl halides is 1. The fraction of sp³-hybridized carbons (Fsp3) is 0.250. The molecule has 0 bridgehead atoms.